The van der Waals surface area contributed by atoms with Gasteiger partial charge in [0.25, 0.3) is 0 Å². The SMILES string of the molecule is CCCCCCC(CCC)OC(=O)CCCCCCC(=O)OCC(COC(=O)CCCCCCC(=O)OC(CCC)CCCCCC)N(CCCN(C)C)C(=O)CCC(=O)OC(CCC)CCCCCC. The van der Waals surface area contributed by atoms with Crippen molar-refractivity contribution in [2.75, 3.05) is 40.4 Å². The summed E-state index contributed by atoms with van der Waals surface area (Å²) in [5, 5.41) is 0. The summed E-state index contributed by atoms with van der Waals surface area (Å²) in [5.41, 5.74) is 0. The number of nitrogens with zero attached hydrogens (tertiary/aromatic N) is 2. The Morgan fingerprint density at radius 3 is 1.01 bits per heavy atom. The second-order valence-corrected chi connectivity index (χ2v) is 20.3. The number of hydrogen-bond donors (Lipinski definition) is 0. The van der Waals surface area contributed by atoms with Crippen LogP contribution in [-0.4, -0.2) is 110 Å². The molecule has 0 aliphatic rings. The molecule has 0 aromatic carbocycles. The molecule has 0 aliphatic heterocycles. The largest absolute Gasteiger partial charge is 0.463 e. The van der Waals surface area contributed by atoms with Crippen LogP contribution < -0.4 is 0 Å². The monoisotopic (exact) mass is 1010 g/mol. The summed E-state index contributed by atoms with van der Waals surface area (Å²) in [6.45, 7) is 13.5. The minimum atomic E-state index is -0.747. The van der Waals surface area contributed by atoms with Crippen molar-refractivity contribution in [2.45, 2.75) is 297 Å². The van der Waals surface area contributed by atoms with E-state index in [9.17, 15) is 28.8 Å². The molecule has 0 bridgehead atoms. The van der Waals surface area contributed by atoms with Crippen LogP contribution in [0.3, 0.4) is 0 Å². The number of ether oxygens (including phenoxy) is 5. The molecule has 0 aromatic heterocycles. The van der Waals surface area contributed by atoms with Gasteiger partial charge in [0.15, 0.2) is 0 Å². The van der Waals surface area contributed by atoms with Crippen molar-refractivity contribution in [2.24, 2.45) is 0 Å². The molecule has 3 unspecified atom stereocenters. The third-order valence-electron chi connectivity index (χ3n) is 13.1. The van der Waals surface area contributed by atoms with E-state index in [4.69, 9.17) is 23.7 Å². The summed E-state index contributed by atoms with van der Waals surface area (Å²) in [5.74, 6) is -1.81. The molecule has 0 spiro atoms. The summed E-state index contributed by atoms with van der Waals surface area (Å²) in [4.78, 5) is 82.2. The summed E-state index contributed by atoms with van der Waals surface area (Å²) >= 11 is 0. The molecule has 0 radical (unpaired) electrons. The Hall–Kier alpha value is -3.22. The van der Waals surface area contributed by atoms with Crippen molar-refractivity contribution in [3.05, 3.63) is 0 Å². The molecule has 416 valence electrons. The van der Waals surface area contributed by atoms with E-state index in [-0.39, 0.29) is 75.1 Å². The van der Waals surface area contributed by atoms with E-state index in [1.807, 2.05) is 19.0 Å². The van der Waals surface area contributed by atoms with Crippen molar-refractivity contribution < 1.29 is 52.5 Å². The fourth-order valence-electron chi connectivity index (χ4n) is 8.84. The molecule has 0 N–H and O–H groups in total. The van der Waals surface area contributed by atoms with Gasteiger partial charge in [0.2, 0.25) is 5.91 Å². The van der Waals surface area contributed by atoms with Gasteiger partial charge in [-0.25, -0.2) is 0 Å². The fraction of sp³-hybridized carbons (Fsp3) is 0.897. The first-order valence-electron chi connectivity index (χ1n) is 29.2. The quantitative estimate of drug-likeness (QED) is 0.0323. The van der Waals surface area contributed by atoms with Gasteiger partial charge in [-0.15, -0.1) is 0 Å². The zero-order chi connectivity index (χ0) is 52.7. The average Bonchev–Trinajstić information content (AvgIpc) is 3.33. The standard InChI is InChI=1S/C58H108N2O11/c1-9-15-18-25-36-50(33-12-4)69-56(64)41-30-23-21-28-39-54(62)67-47-49(48-68-55(63)40-29-22-24-31-42-57(65)70-51(34-13-5)37-26-19-16-10-2)60(46-32-45-59(7)8)53(61)43-44-58(66)71-52(35-14-6)38-27-20-17-11-3/h49-52H,9-48H2,1-8H3. The maximum atomic E-state index is 14.0. The highest BCUT2D eigenvalue weighted by atomic mass is 16.6. The van der Waals surface area contributed by atoms with Crippen LogP contribution in [0.5, 0.6) is 0 Å². The zero-order valence-corrected chi connectivity index (χ0v) is 47.0. The molecule has 0 fully saturated rings. The van der Waals surface area contributed by atoms with Gasteiger partial charge in [0.1, 0.15) is 31.5 Å². The number of carbonyl (C=O) groups is 6. The van der Waals surface area contributed by atoms with Gasteiger partial charge in [-0.05, 0) is 111 Å². The molecule has 71 heavy (non-hydrogen) atoms. The highest BCUT2D eigenvalue weighted by Gasteiger charge is 2.28. The molecule has 0 aliphatic carbocycles. The highest BCUT2D eigenvalue weighted by molar-refractivity contribution is 5.82. The van der Waals surface area contributed by atoms with Crippen molar-refractivity contribution >= 4 is 35.8 Å². The summed E-state index contributed by atoms with van der Waals surface area (Å²) in [6, 6.07) is -0.747. The van der Waals surface area contributed by atoms with Crippen molar-refractivity contribution in [1.29, 1.82) is 0 Å². The van der Waals surface area contributed by atoms with Gasteiger partial charge >= 0.3 is 29.8 Å². The Kier molecular flexibility index (Phi) is 45.6. The van der Waals surface area contributed by atoms with Gasteiger partial charge in [-0.2, -0.15) is 0 Å². The Labute approximate surface area is 434 Å². The molecule has 13 nitrogen and oxygen atoms in total. The molecule has 0 saturated heterocycles. The van der Waals surface area contributed by atoms with Crippen LogP contribution in [0.2, 0.25) is 0 Å². The summed E-state index contributed by atoms with van der Waals surface area (Å²) < 4.78 is 29.0. The van der Waals surface area contributed by atoms with Gasteiger partial charge in [0, 0.05) is 38.6 Å². The van der Waals surface area contributed by atoms with Crippen LogP contribution in [0.1, 0.15) is 273 Å². The van der Waals surface area contributed by atoms with E-state index in [0.29, 0.717) is 58.0 Å². The van der Waals surface area contributed by atoms with E-state index in [1.165, 1.54) is 25.7 Å². The summed E-state index contributed by atoms with van der Waals surface area (Å²) in [6.07, 6.45) is 28.7. The van der Waals surface area contributed by atoms with Crippen LogP contribution in [0, 0.1) is 0 Å². The van der Waals surface area contributed by atoms with E-state index >= 15 is 0 Å². The number of hydrogen-bond acceptors (Lipinski definition) is 12. The Morgan fingerprint density at radius 2 is 0.676 bits per heavy atom. The first kappa shape index (κ1) is 67.8. The third kappa shape index (κ3) is 40.9. The smallest absolute Gasteiger partial charge is 0.306 e. The normalized spacial score (nSPS) is 13.0. The lowest BCUT2D eigenvalue weighted by atomic mass is 10.1. The molecule has 13 heteroatoms. The molecule has 1 amide bonds. The number of carbonyl (C=O) groups excluding carboxylic acids is 6. The topological polar surface area (TPSA) is 155 Å². The van der Waals surface area contributed by atoms with Crippen LogP contribution in [0.25, 0.3) is 0 Å². The first-order valence-corrected chi connectivity index (χ1v) is 29.2. The number of rotatable bonds is 50. The maximum Gasteiger partial charge on any atom is 0.306 e. The maximum absolute atomic E-state index is 14.0. The van der Waals surface area contributed by atoms with E-state index in [2.05, 4.69) is 41.5 Å². The Balaban J connectivity index is 5.53. The van der Waals surface area contributed by atoms with E-state index in [1.54, 1.807) is 4.90 Å². The van der Waals surface area contributed by atoms with Crippen molar-refractivity contribution in [3.8, 4) is 0 Å². The van der Waals surface area contributed by atoms with Crippen LogP contribution in [0.15, 0.2) is 0 Å². The highest BCUT2D eigenvalue weighted by Crippen LogP contribution is 2.19. The lowest BCUT2D eigenvalue weighted by molar-refractivity contribution is -0.156. The zero-order valence-electron chi connectivity index (χ0n) is 47.0. The fourth-order valence-corrected chi connectivity index (χ4v) is 8.84. The number of unbranched alkanes of at least 4 members (excludes halogenated alkanes) is 15. The molecule has 3 atom stereocenters. The van der Waals surface area contributed by atoms with Crippen molar-refractivity contribution in [1.82, 2.24) is 9.80 Å². The van der Waals surface area contributed by atoms with Gasteiger partial charge in [-0.3, -0.25) is 28.8 Å². The number of esters is 5. The number of amides is 1. The molecular formula is C58H108N2O11. The summed E-state index contributed by atoms with van der Waals surface area (Å²) in [7, 11) is 3.91. The molecular weight excluding hydrogens is 901 g/mol. The molecule has 0 aromatic rings. The average molecular weight is 1010 g/mol. The molecule has 0 rings (SSSR count). The van der Waals surface area contributed by atoms with E-state index < -0.39 is 23.9 Å². The minimum Gasteiger partial charge on any atom is -0.463 e. The van der Waals surface area contributed by atoms with Crippen LogP contribution >= 0.6 is 0 Å². The molecule has 0 heterocycles. The van der Waals surface area contributed by atoms with Crippen LogP contribution in [0.4, 0.5) is 0 Å². The van der Waals surface area contributed by atoms with Crippen molar-refractivity contribution in [3.63, 3.8) is 0 Å². The lowest BCUT2D eigenvalue weighted by Crippen LogP contribution is -2.47. The Bertz CT molecular complexity index is 1280. The minimum absolute atomic E-state index is 0.0106. The first-order chi connectivity index (χ1) is 34.3. The predicted octanol–water partition coefficient (Wildman–Crippen LogP) is 13.7. The van der Waals surface area contributed by atoms with E-state index in [0.717, 1.165) is 135 Å². The van der Waals surface area contributed by atoms with Gasteiger partial charge in [0.05, 0.1) is 12.5 Å². The third-order valence-corrected chi connectivity index (χ3v) is 13.1. The Morgan fingerprint density at radius 1 is 0.338 bits per heavy atom. The predicted molar refractivity (Wildman–Crippen MR) is 286 cm³/mol. The second kappa shape index (κ2) is 47.8. The van der Waals surface area contributed by atoms with Gasteiger partial charge < -0.3 is 33.5 Å². The van der Waals surface area contributed by atoms with Gasteiger partial charge in [-0.1, -0.05) is 144 Å². The lowest BCUT2D eigenvalue weighted by Gasteiger charge is -2.32. The second-order valence-electron chi connectivity index (χ2n) is 20.3. The molecule has 0 saturated carbocycles. The van der Waals surface area contributed by atoms with Crippen LogP contribution in [-0.2, 0) is 52.5 Å².